The monoisotopic (exact) mass is 376 g/mol. The standard InChI is InChI=1S/C18H24N4O5/c1-5-19-18(24)11(2)20-15(23)8-9-16-21-17(22-27-16)12-6-7-13(25-3)14(10-12)26-4/h6-7,10-11H,5,8-9H2,1-4H3,(H,19,24)(H,20,23)/t11-/m1/s1. The molecule has 1 aromatic heterocycles. The number of carbonyl (C=O) groups is 2. The van der Waals surface area contributed by atoms with Crippen LogP contribution in [0.25, 0.3) is 11.4 Å². The molecule has 1 aromatic carbocycles. The Bertz CT molecular complexity index is 790. The molecule has 1 heterocycles. The van der Waals surface area contributed by atoms with Crippen LogP contribution in [0, 0.1) is 0 Å². The Hall–Kier alpha value is -3.10. The molecule has 0 spiro atoms. The number of amides is 2. The fraction of sp³-hybridized carbons (Fsp3) is 0.444. The molecule has 9 heteroatoms. The number of ether oxygens (including phenoxy) is 2. The maximum absolute atomic E-state index is 12.0. The highest BCUT2D eigenvalue weighted by Gasteiger charge is 2.16. The minimum absolute atomic E-state index is 0.136. The van der Waals surface area contributed by atoms with E-state index in [0.717, 1.165) is 0 Å². The number of likely N-dealkylation sites (N-methyl/N-ethyl adjacent to an activating group) is 1. The first kappa shape index (κ1) is 20.2. The Morgan fingerprint density at radius 2 is 1.96 bits per heavy atom. The molecule has 0 aliphatic heterocycles. The Morgan fingerprint density at radius 1 is 1.22 bits per heavy atom. The fourth-order valence-corrected chi connectivity index (χ4v) is 2.38. The summed E-state index contributed by atoms with van der Waals surface area (Å²) in [7, 11) is 3.10. The number of aromatic nitrogens is 2. The first-order valence-electron chi connectivity index (χ1n) is 8.60. The third-order valence-corrected chi connectivity index (χ3v) is 3.80. The third kappa shape index (κ3) is 5.44. The van der Waals surface area contributed by atoms with Crippen molar-refractivity contribution < 1.29 is 23.6 Å². The lowest BCUT2D eigenvalue weighted by Crippen LogP contribution is -2.44. The van der Waals surface area contributed by atoms with E-state index in [4.69, 9.17) is 14.0 Å². The molecule has 2 aromatic rings. The molecule has 0 unspecified atom stereocenters. The zero-order valence-corrected chi connectivity index (χ0v) is 15.9. The SMILES string of the molecule is CCNC(=O)[C@@H](C)NC(=O)CCc1nc(-c2ccc(OC)c(OC)c2)no1. The van der Waals surface area contributed by atoms with E-state index in [2.05, 4.69) is 20.8 Å². The van der Waals surface area contributed by atoms with Gasteiger partial charge < -0.3 is 24.6 Å². The van der Waals surface area contributed by atoms with Gasteiger partial charge in [-0.05, 0) is 32.0 Å². The lowest BCUT2D eigenvalue weighted by atomic mass is 10.2. The smallest absolute Gasteiger partial charge is 0.242 e. The van der Waals surface area contributed by atoms with Crippen molar-refractivity contribution in [2.45, 2.75) is 32.7 Å². The summed E-state index contributed by atoms with van der Waals surface area (Å²) in [6.07, 6.45) is 0.408. The van der Waals surface area contributed by atoms with Gasteiger partial charge >= 0.3 is 0 Å². The van der Waals surface area contributed by atoms with Crippen molar-refractivity contribution in [3.63, 3.8) is 0 Å². The Balaban J connectivity index is 1.94. The fourth-order valence-electron chi connectivity index (χ4n) is 2.38. The van der Waals surface area contributed by atoms with E-state index in [1.807, 2.05) is 6.92 Å². The topological polar surface area (TPSA) is 116 Å². The van der Waals surface area contributed by atoms with Gasteiger partial charge in [-0.2, -0.15) is 4.98 Å². The highest BCUT2D eigenvalue weighted by molar-refractivity contribution is 5.87. The average molecular weight is 376 g/mol. The summed E-state index contributed by atoms with van der Waals surface area (Å²) >= 11 is 0. The van der Waals surface area contributed by atoms with E-state index in [0.29, 0.717) is 35.3 Å². The second-order valence-electron chi connectivity index (χ2n) is 5.77. The van der Waals surface area contributed by atoms with Crippen molar-refractivity contribution in [1.29, 1.82) is 0 Å². The zero-order valence-electron chi connectivity index (χ0n) is 15.9. The van der Waals surface area contributed by atoms with Crippen LogP contribution in [0.2, 0.25) is 0 Å². The number of nitrogens with one attached hydrogen (secondary N) is 2. The van der Waals surface area contributed by atoms with Crippen molar-refractivity contribution in [3.8, 4) is 22.9 Å². The second kappa shape index (κ2) is 9.56. The molecule has 2 amide bonds. The maximum Gasteiger partial charge on any atom is 0.242 e. The molecule has 0 bridgehead atoms. The van der Waals surface area contributed by atoms with Crippen molar-refractivity contribution >= 4 is 11.8 Å². The van der Waals surface area contributed by atoms with Crippen LogP contribution in [-0.2, 0) is 16.0 Å². The zero-order chi connectivity index (χ0) is 19.8. The van der Waals surface area contributed by atoms with Crippen molar-refractivity contribution in [1.82, 2.24) is 20.8 Å². The highest BCUT2D eigenvalue weighted by atomic mass is 16.5. The molecule has 27 heavy (non-hydrogen) atoms. The minimum atomic E-state index is -0.595. The van der Waals surface area contributed by atoms with Crippen LogP contribution >= 0.6 is 0 Å². The van der Waals surface area contributed by atoms with Gasteiger partial charge in [0.25, 0.3) is 0 Å². The first-order valence-corrected chi connectivity index (χ1v) is 8.60. The number of carbonyl (C=O) groups excluding carboxylic acids is 2. The molecule has 0 fully saturated rings. The van der Waals surface area contributed by atoms with Gasteiger partial charge in [0.2, 0.25) is 23.5 Å². The van der Waals surface area contributed by atoms with Gasteiger partial charge in [-0.1, -0.05) is 5.16 Å². The van der Waals surface area contributed by atoms with E-state index in [1.165, 1.54) is 0 Å². The molecule has 2 rings (SSSR count). The van der Waals surface area contributed by atoms with E-state index >= 15 is 0 Å². The van der Waals surface area contributed by atoms with Crippen LogP contribution < -0.4 is 20.1 Å². The Morgan fingerprint density at radius 3 is 2.63 bits per heavy atom. The number of methoxy groups -OCH3 is 2. The van der Waals surface area contributed by atoms with E-state index in [9.17, 15) is 9.59 Å². The minimum Gasteiger partial charge on any atom is -0.493 e. The maximum atomic E-state index is 12.0. The van der Waals surface area contributed by atoms with Crippen molar-refractivity contribution in [2.75, 3.05) is 20.8 Å². The number of rotatable bonds is 9. The van der Waals surface area contributed by atoms with Gasteiger partial charge in [-0.25, -0.2) is 0 Å². The van der Waals surface area contributed by atoms with Gasteiger partial charge in [0.05, 0.1) is 14.2 Å². The summed E-state index contributed by atoms with van der Waals surface area (Å²) in [5, 5.41) is 9.21. The summed E-state index contributed by atoms with van der Waals surface area (Å²) in [6, 6.07) is 4.69. The molecule has 1 atom stereocenters. The number of aryl methyl sites for hydroxylation is 1. The third-order valence-electron chi connectivity index (χ3n) is 3.80. The lowest BCUT2D eigenvalue weighted by Gasteiger charge is -2.12. The Labute approximate surface area is 157 Å². The quantitative estimate of drug-likeness (QED) is 0.678. The summed E-state index contributed by atoms with van der Waals surface area (Å²) in [4.78, 5) is 27.9. The molecule has 146 valence electrons. The van der Waals surface area contributed by atoms with Crippen LogP contribution in [0.3, 0.4) is 0 Å². The normalized spacial score (nSPS) is 11.6. The van der Waals surface area contributed by atoms with Crippen LogP contribution in [0.1, 0.15) is 26.2 Å². The predicted octanol–water partition coefficient (Wildman–Crippen LogP) is 1.33. The summed E-state index contributed by atoms with van der Waals surface area (Å²) in [6.45, 7) is 3.96. The van der Waals surface area contributed by atoms with Gasteiger partial charge in [0.1, 0.15) is 6.04 Å². The van der Waals surface area contributed by atoms with Crippen molar-refractivity contribution in [2.24, 2.45) is 0 Å². The van der Waals surface area contributed by atoms with Gasteiger partial charge in [0.15, 0.2) is 11.5 Å². The average Bonchev–Trinajstić information content (AvgIpc) is 3.15. The van der Waals surface area contributed by atoms with Crippen LogP contribution in [0.4, 0.5) is 0 Å². The highest BCUT2D eigenvalue weighted by Crippen LogP contribution is 2.31. The lowest BCUT2D eigenvalue weighted by molar-refractivity contribution is -0.128. The molecule has 0 saturated heterocycles. The van der Waals surface area contributed by atoms with E-state index < -0.39 is 6.04 Å². The number of benzene rings is 1. The molecule has 9 nitrogen and oxygen atoms in total. The van der Waals surface area contributed by atoms with Crippen LogP contribution in [0.15, 0.2) is 22.7 Å². The number of hydrogen-bond acceptors (Lipinski definition) is 7. The molecule has 0 aliphatic carbocycles. The molecule has 2 N–H and O–H groups in total. The molecule has 0 radical (unpaired) electrons. The van der Waals surface area contributed by atoms with Crippen LogP contribution in [-0.4, -0.2) is 48.8 Å². The summed E-state index contributed by atoms with van der Waals surface area (Å²) in [5.74, 6) is 1.39. The predicted molar refractivity (Wildman–Crippen MR) is 97.4 cm³/mol. The molecular weight excluding hydrogens is 352 g/mol. The number of nitrogens with zero attached hydrogens (tertiary/aromatic N) is 2. The Kier molecular flexibility index (Phi) is 7.16. The van der Waals surface area contributed by atoms with E-state index in [1.54, 1.807) is 39.3 Å². The van der Waals surface area contributed by atoms with E-state index in [-0.39, 0.29) is 24.7 Å². The molecular formula is C18H24N4O5. The second-order valence-corrected chi connectivity index (χ2v) is 5.77. The first-order chi connectivity index (χ1) is 13.0. The van der Waals surface area contributed by atoms with Gasteiger partial charge in [-0.3, -0.25) is 9.59 Å². The molecule has 0 saturated carbocycles. The van der Waals surface area contributed by atoms with Gasteiger partial charge in [-0.15, -0.1) is 0 Å². The summed E-state index contributed by atoms with van der Waals surface area (Å²) in [5.41, 5.74) is 0.706. The van der Waals surface area contributed by atoms with Crippen molar-refractivity contribution in [3.05, 3.63) is 24.1 Å². The summed E-state index contributed by atoms with van der Waals surface area (Å²) < 4.78 is 15.7. The molecule has 0 aliphatic rings. The van der Waals surface area contributed by atoms with Crippen LogP contribution in [0.5, 0.6) is 11.5 Å². The number of hydrogen-bond donors (Lipinski definition) is 2. The van der Waals surface area contributed by atoms with Gasteiger partial charge in [0, 0.05) is 24.9 Å². The largest absolute Gasteiger partial charge is 0.493 e.